The number of fused-ring (bicyclic) bond motifs is 1. The Balaban J connectivity index is 1.26. The van der Waals surface area contributed by atoms with Crippen LogP contribution in [0.1, 0.15) is 87.1 Å². The Bertz CT molecular complexity index is 1640. The lowest BCUT2D eigenvalue weighted by molar-refractivity contribution is -0.276. The number of carbonyl (C=O) groups is 2. The van der Waals surface area contributed by atoms with Crippen molar-refractivity contribution >= 4 is 28.3 Å². The number of aliphatic hydroxyl groups excluding tert-OH is 1. The number of hydrogen-bond acceptors (Lipinski definition) is 6. The second-order valence-corrected chi connectivity index (χ2v) is 13.0. The van der Waals surface area contributed by atoms with Crippen molar-refractivity contribution < 1.29 is 24.2 Å². The van der Waals surface area contributed by atoms with Gasteiger partial charge < -0.3 is 25.2 Å². The fraction of sp³-hybridized carbons (Fsp3) is 0.400. The topological polar surface area (TPSA) is 100 Å². The van der Waals surface area contributed by atoms with Crippen LogP contribution in [-0.2, 0) is 25.7 Å². The summed E-state index contributed by atoms with van der Waals surface area (Å²) in [6.07, 6.45) is 2.00. The van der Waals surface area contributed by atoms with Crippen molar-refractivity contribution in [1.82, 2.24) is 10.2 Å². The molecule has 1 saturated heterocycles. The van der Waals surface area contributed by atoms with Crippen LogP contribution in [-0.4, -0.2) is 48.1 Å². The van der Waals surface area contributed by atoms with Gasteiger partial charge in [-0.05, 0) is 72.5 Å². The van der Waals surface area contributed by atoms with Crippen molar-refractivity contribution in [3.8, 4) is 0 Å². The van der Waals surface area contributed by atoms with Crippen LogP contribution in [0.2, 0.25) is 0 Å². The van der Waals surface area contributed by atoms with E-state index in [1.165, 1.54) is 23.3 Å². The van der Waals surface area contributed by atoms with Crippen molar-refractivity contribution in [2.75, 3.05) is 25.5 Å². The smallest absolute Gasteiger partial charge is 0.224 e. The van der Waals surface area contributed by atoms with Gasteiger partial charge in [0.15, 0.2) is 6.29 Å². The molecular formula is C40H49N3O5. The predicted molar refractivity (Wildman–Crippen MR) is 190 cm³/mol. The molecule has 0 spiro atoms. The van der Waals surface area contributed by atoms with E-state index in [4.69, 9.17) is 9.47 Å². The van der Waals surface area contributed by atoms with Crippen LogP contribution in [0.5, 0.6) is 0 Å². The number of amides is 2. The minimum Gasteiger partial charge on any atom is -0.392 e. The van der Waals surface area contributed by atoms with Gasteiger partial charge in [0.05, 0.1) is 18.8 Å². The highest BCUT2D eigenvalue weighted by molar-refractivity contribution is 5.90. The molecule has 0 unspecified atom stereocenters. The molecule has 1 aliphatic rings. The number of ether oxygens (including phenoxy) is 2. The van der Waals surface area contributed by atoms with E-state index >= 15 is 0 Å². The van der Waals surface area contributed by atoms with Crippen molar-refractivity contribution in [1.29, 1.82) is 0 Å². The molecule has 4 aromatic carbocycles. The van der Waals surface area contributed by atoms with Gasteiger partial charge in [-0.2, -0.15) is 0 Å². The molecule has 1 fully saturated rings. The van der Waals surface area contributed by atoms with E-state index in [9.17, 15) is 14.7 Å². The van der Waals surface area contributed by atoms with Crippen molar-refractivity contribution in [3.63, 3.8) is 0 Å². The summed E-state index contributed by atoms with van der Waals surface area (Å²) < 4.78 is 13.4. The molecule has 0 radical (unpaired) electrons. The molecule has 5 rings (SSSR count). The highest BCUT2D eigenvalue weighted by atomic mass is 16.7. The van der Waals surface area contributed by atoms with E-state index in [1.54, 1.807) is 0 Å². The fourth-order valence-corrected chi connectivity index (χ4v) is 6.29. The lowest BCUT2D eigenvalue weighted by Crippen LogP contribution is -2.44. The van der Waals surface area contributed by atoms with E-state index in [-0.39, 0.29) is 42.6 Å². The summed E-state index contributed by atoms with van der Waals surface area (Å²) in [5.74, 6) is -0.00281. The van der Waals surface area contributed by atoms with Gasteiger partial charge in [0.1, 0.15) is 0 Å². The molecule has 8 heteroatoms. The maximum atomic E-state index is 12.5. The number of unbranched alkanes of at least 4 members (excludes halogenated alkanes) is 2. The Kier molecular flexibility index (Phi) is 12.4. The number of benzene rings is 4. The fourth-order valence-electron chi connectivity index (χ4n) is 6.29. The summed E-state index contributed by atoms with van der Waals surface area (Å²) in [6.45, 7) is 7.26. The highest BCUT2D eigenvalue weighted by Crippen LogP contribution is 2.42. The first-order valence-corrected chi connectivity index (χ1v) is 17.1. The summed E-state index contributed by atoms with van der Waals surface area (Å²) in [5.41, 5.74) is 4.77. The number of carbonyl (C=O) groups excluding carboxylic acids is 2. The standard InChI is InChI=1S/C40H49N3O5/c1-27-37(25-43(4)28(2)34-18-17-31-10-7-8-11-35(31)24-34)47-40(48-39(27)32-15-13-30(26-44)14-16-32)33-19-21-36(22-20-33)42-38(46)12-6-5-9-23-41-29(3)45/h7-8,10-11,13-22,24,27-28,37,39-40,44H,5-6,9,12,23,25-26H2,1-4H3,(H,41,45)(H,42,46)/t27-,28+,37+,39+,40+/m0/s1. The molecule has 1 aliphatic heterocycles. The zero-order valence-corrected chi connectivity index (χ0v) is 28.5. The maximum absolute atomic E-state index is 12.5. The Morgan fingerprint density at radius 2 is 1.58 bits per heavy atom. The maximum Gasteiger partial charge on any atom is 0.224 e. The second kappa shape index (κ2) is 16.8. The predicted octanol–water partition coefficient (Wildman–Crippen LogP) is 7.45. The Hall–Kier alpha value is -4.08. The summed E-state index contributed by atoms with van der Waals surface area (Å²) in [5, 5.41) is 17.8. The Morgan fingerprint density at radius 1 is 0.875 bits per heavy atom. The molecule has 48 heavy (non-hydrogen) atoms. The van der Waals surface area contributed by atoms with E-state index in [0.717, 1.165) is 41.6 Å². The second-order valence-electron chi connectivity index (χ2n) is 13.0. The zero-order chi connectivity index (χ0) is 34.0. The average Bonchev–Trinajstić information content (AvgIpc) is 3.10. The van der Waals surface area contributed by atoms with E-state index in [2.05, 4.69) is 78.9 Å². The van der Waals surface area contributed by atoms with Crippen molar-refractivity contribution in [2.45, 2.75) is 77.6 Å². The molecular weight excluding hydrogens is 602 g/mol. The Morgan fingerprint density at radius 3 is 2.29 bits per heavy atom. The first kappa shape index (κ1) is 35.2. The molecule has 254 valence electrons. The van der Waals surface area contributed by atoms with E-state index < -0.39 is 6.29 Å². The van der Waals surface area contributed by atoms with Crippen molar-refractivity contribution in [3.05, 3.63) is 113 Å². The number of anilines is 1. The van der Waals surface area contributed by atoms with Crippen LogP contribution in [0.25, 0.3) is 10.8 Å². The Labute approximate surface area is 284 Å². The van der Waals surface area contributed by atoms with Gasteiger partial charge >= 0.3 is 0 Å². The van der Waals surface area contributed by atoms with Crippen LogP contribution >= 0.6 is 0 Å². The number of likely N-dealkylation sites (N-methyl/N-ethyl adjacent to an activating group) is 1. The number of nitrogens with zero attached hydrogens (tertiary/aromatic N) is 1. The molecule has 0 aromatic heterocycles. The van der Waals surface area contributed by atoms with Crippen LogP contribution in [0, 0.1) is 5.92 Å². The summed E-state index contributed by atoms with van der Waals surface area (Å²) in [7, 11) is 2.14. The normalized spacial score (nSPS) is 20.0. The van der Waals surface area contributed by atoms with Gasteiger partial charge in [0.2, 0.25) is 11.8 Å². The van der Waals surface area contributed by atoms with Gasteiger partial charge in [0.25, 0.3) is 0 Å². The molecule has 0 saturated carbocycles. The van der Waals surface area contributed by atoms with Gasteiger partial charge in [-0.1, -0.05) is 86.1 Å². The third-order valence-electron chi connectivity index (χ3n) is 9.43. The summed E-state index contributed by atoms with van der Waals surface area (Å²) >= 11 is 0. The molecule has 0 aliphatic carbocycles. The van der Waals surface area contributed by atoms with Crippen LogP contribution in [0.3, 0.4) is 0 Å². The van der Waals surface area contributed by atoms with E-state index in [0.29, 0.717) is 19.5 Å². The molecule has 3 N–H and O–H groups in total. The molecule has 5 atom stereocenters. The van der Waals surface area contributed by atoms with Gasteiger partial charge in [0, 0.05) is 49.6 Å². The number of rotatable bonds is 14. The zero-order valence-electron chi connectivity index (χ0n) is 28.5. The van der Waals surface area contributed by atoms with Crippen LogP contribution < -0.4 is 10.6 Å². The molecule has 1 heterocycles. The lowest BCUT2D eigenvalue weighted by atomic mass is 9.89. The largest absolute Gasteiger partial charge is 0.392 e. The highest BCUT2D eigenvalue weighted by Gasteiger charge is 2.39. The van der Waals surface area contributed by atoms with Crippen LogP contribution in [0.15, 0.2) is 91.0 Å². The third-order valence-corrected chi connectivity index (χ3v) is 9.43. The lowest BCUT2D eigenvalue weighted by Gasteiger charge is -2.43. The SMILES string of the molecule is CC(=O)NCCCCCC(=O)Nc1ccc([C@@H]2O[C@H](CN(C)[C@H](C)c3ccc4ccccc4c3)[C@H](C)[C@H](c3ccc(CO)cc3)O2)cc1. The first-order valence-electron chi connectivity index (χ1n) is 17.1. The quantitative estimate of drug-likeness (QED) is 0.123. The number of nitrogens with one attached hydrogen (secondary N) is 2. The van der Waals surface area contributed by atoms with Gasteiger partial charge in [-0.3, -0.25) is 14.5 Å². The third kappa shape index (κ3) is 9.29. The number of hydrogen-bond donors (Lipinski definition) is 3. The summed E-state index contributed by atoms with van der Waals surface area (Å²) in [4.78, 5) is 25.9. The molecule has 0 bridgehead atoms. The van der Waals surface area contributed by atoms with Crippen LogP contribution in [0.4, 0.5) is 5.69 Å². The first-order chi connectivity index (χ1) is 23.2. The number of aliphatic hydroxyl groups is 1. The van der Waals surface area contributed by atoms with Gasteiger partial charge in [-0.15, -0.1) is 0 Å². The average molecular weight is 652 g/mol. The molecule has 2 amide bonds. The molecule has 8 nitrogen and oxygen atoms in total. The van der Waals surface area contributed by atoms with Gasteiger partial charge in [-0.25, -0.2) is 0 Å². The minimum atomic E-state index is -0.591. The monoisotopic (exact) mass is 651 g/mol. The van der Waals surface area contributed by atoms with E-state index in [1.807, 2.05) is 48.5 Å². The summed E-state index contributed by atoms with van der Waals surface area (Å²) in [6, 6.07) is 30.9. The van der Waals surface area contributed by atoms with Crippen molar-refractivity contribution in [2.24, 2.45) is 5.92 Å². The minimum absolute atomic E-state index is 0.00529. The molecule has 4 aromatic rings.